The Morgan fingerprint density at radius 2 is 1.32 bits per heavy atom. The lowest BCUT2D eigenvalue weighted by atomic mass is 9.73. The van der Waals surface area contributed by atoms with Crippen LogP contribution < -0.4 is 0 Å². The number of ether oxygens (including phenoxy) is 13. The lowest BCUT2D eigenvalue weighted by Gasteiger charge is -2.53. The molecule has 12 heterocycles. The summed E-state index contributed by atoms with van der Waals surface area (Å²) in [6, 6.07) is 0. The first-order valence-electron chi connectivity index (χ1n) is 32.4. The predicted octanol–water partition coefficient (Wildman–Crippen LogP) is 10.5. The van der Waals surface area contributed by atoms with Crippen molar-refractivity contribution in [1.82, 2.24) is 0 Å². The third kappa shape index (κ3) is 11.6. The standard InChI is InChI=1S/C67H100O15/c1-13-16-44-45(21-22-47-46(72-44)23-24-48-52(74-47)28-57-63(78-48)41(10)62-49(75-57)18-15-17-43(71-62)20-19-34(3)14-2)73-51-27-37(6)66(12)59(77-55(51)31-60(68)69)30-54-56(81-66)26-35(4)25-50-53(76-54)29-58-61(79-50)38(7)39(8)65-64(80-58)40(9)42(11)67(82-65)32-36(5)33-70-67/h13,15,17,19-24,34-59,61-65H,1,14,16,18,25-33H2,2-12H3,(H,68,69)/b20-19+/t34-,35-,36+,37-,38+,39+,40+,41-,42+,43-,44-,45+,46+,47-,48-,49+,50+,51-,52+,53-,54+,55+,56-,57-,58+,59-,61-,62-,63+,64-,65+,66+,67-/m1/s1. The highest BCUT2D eigenvalue weighted by atomic mass is 16.7. The van der Waals surface area contributed by atoms with Gasteiger partial charge in [0.05, 0.1) is 129 Å². The van der Waals surface area contributed by atoms with Gasteiger partial charge in [0, 0.05) is 37.5 Å². The van der Waals surface area contributed by atoms with Crippen LogP contribution in [-0.2, 0) is 66.4 Å². The van der Waals surface area contributed by atoms with Gasteiger partial charge in [0.15, 0.2) is 5.79 Å². The zero-order valence-electron chi connectivity index (χ0n) is 50.9. The number of carboxylic acids is 1. The quantitative estimate of drug-likeness (QED) is 0.217. The van der Waals surface area contributed by atoms with E-state index in [1.807, 2.05) is 6.08 Å². The second kappa shape index (κ2) is 24.3. The first-order chi connectivity index (χ1) is 39.3. The number of allylic oxidation sites excluding steroid dienone is 1. The molecule has 12 aliphatic rings. The highest BCUT2D eigenvalue weighted by Gasteiger charge is 2.62. The van der Waals surface area contributed by atoms with E-state index < -0.39 is 60.1 Å². The van der Waals surface area contributed by atoms with Crippen molar-refractivity contribution in [2.45, 2.75) is 292 Å². The van der Waals surface area contributed by atoms with Gasteiger partial charge in [-0.2, -0.15) is 0 Å². The molecule has 33 atom stereocenters. The van der Waals surface area contributed by atoms with E-state index in [9.17, 15) is 9.90 Å². The van der Waals surface area contributed by atoms with E-state index >= 15 is 0 Å². The summed E-state index contributed by atoms with van der Waals surface area (Å²) in [6.45, 7) is 29.7. The van der Waals surface area contributed by atoms with Gasteiger partial charge in [-0.05, 0) is 80.5 Å². The van der Waals surface area contributed by atoms with Gasteiger partial charge in [0.25, 0.3) is 0 Å². The zero-order valence-corrected chi connectivity index (χ0v) is 50.9. The average molecular weight is 1150 g/mol. The van der Waals surface area contributed by atoms with Crippen LogP contribution in [0.1, 0.15) is 147 Å². The van der Waals surface area contributed by atoms with Crippen molar-refractivity contribution >= 4 is 5.97 Å². The molecule has 12 rings (SSSR count). The van der Waals surface area contributed by atoms with Gasteiger partial charge in [-0.25, -0.2) is 0 Å². The molecule has 0 saturated carbocycles. The molecule has 1 spiro atoms. The summed E-state index contributed by atoms with van der Waals surface area (Å²) in [7, 11) is 0. The Morgan fingerprint density at radius 1 is 0.646 bits per heavy atom. The first-order valence-corrected chi connectivity index (χ1v) is 32.4. The predicted molar refractivity (Wildman–Crippen MR) is 307 cm³/mol. The fraction of sp³-hybridized carbons (Fsp3) is 0.836. The minimum atomic E-state index is -0.949. The molecule has 0 aromatic rings. The van der Waals surface area contributed by atoms with Crippen LogP contribution in [0.4, 0.5) is 0 Å². The molecule has 458 valence electrons. The van der Waals surface area contributed by atoms with Gasteiger partial charge < -0.3 is 66.7 Å². The molecule has 9 saturated heterocycles. The van der Waals surface area contributed by atoms with Crippen LogP contribution >= 0.6 is 0 Å². The number of fused-ring (bicyclic) bond motifs is 9. The van der Waals surface area contributed by atoms with Crippen molar-refractivity contribution in [3.05, 3.63) is 61.3 Å². The van der Waals surface area contributed by atoms with Crippen LogP contribution in [0, 0.1) is 53.3 Å². The average Bonchev–Trinajstić information content (AvgIpc) is 3.89. The number of aliphatic carboxylic acids is 1. The third-order valence-corrected chi connectivity index (χ3v) is 22.5. The molecule has 9 fully saturated rings. The normalized spacial score (nSPS) is 53.9. The van der Waals surface area contributed by atoms with Crippen LogP contribution in [0.5, 0.6) is 0 Å². The first kappa shape index (κ1) is 60.0. The number of hydrogen-bond donors (Lipinski definition) is 1. The SMILES string of the molecule is C=CC[C@H]1O[C@H]2C=C[C@H]3O[C@H]4[C@H](C)[C@H]5O[C@@H](/C=C/[C@H](C)CC)C=CC[C@@H]5O[C@@H]4C[C@@H]3O[C@@H]2C=C[C@@H]1O[C@@H]1C[C@@H](C)[C@]2(C)O[C@@H]3C[C@H](C)C[C@@H]4O[C@@H]5[C@@H](C)[C@H](C)[C@@H]6O[C@]7(C[C@H](C)CO7)[C@@H](C)[C@H](C)[C@H]6O[C@H]5C[C@H]4O[C@H]3C[C@H]2O[C@H]1CC(=O)O. The molecule has 0 bridgehead atoms. The van der Waals surface area contributed by atoms with Crippen molar-refractivity contribution in [3.8, 4) is 0 Å². The van der Waals surface area contributed by atoms with E-state index in [0.717, 1.165) is 38.7 Å². The Kier molecular flexibility index (Phi) is 17.8. The number of carboxylic acid groups (broad SMARTS) is 1. The van der Waals surface area contributed by atoms with Crippen molar-refractivity contribution in [1.29, 1.82) is 0 Å². The molecule has 0 aromatic carbocycles. The number of hydrogen-bond acceptors (Lipinski definition) is 14. The molecular weight excluding hydrogens is 1040 g/mol. The van der Waals surface area contributed by atoms with E-state index in [4.69, 9.17) is 61.6 Å². The van der Waals surface area contributed by atoms with E-state index in [1.165, 1.54) is 0 Å². The van der Waals surface area contributed by atoms with Gasteiger partial charge in [0.2, 0.25) is 0 Å². The molecule has 12 aliphatic heterocycles. The second-order valence-corrected chi connectivity index (χ2v) is 28.2. The van der Waals surface area contributed by atoms with Gasteiger partial charge in [-0.15, -0.1) is 6.58 Å². The largest absolute Gasteiger partial charge is 0.481 e. The molecule has 0 amide bonds. The van der Waals surface area contributed by atoms with Crippen molar-refractivity contribution in [2.24, 2.45) is 53.3 Å². The summed E-state index contributed by atoms with van der Waals surface area (Å²) in [5.74, 6) is 0.580. The Hall–Kier alpha value is -2.35. The molecule has 0 radical (unpaired) electrons. The summed E-state index contributed by atoms with van der Waals surface area (Å²) < 4.78 is 91.9. The topological polar surface area (TPSA) is 157 Å². The minimum absolute atomic E-state index is 0.0594. The lowest BCUT2D eigenvalue weighted by molar-refractivity contribution is -0.335. The Balaban J connectivity index is 0.730. The molecule has 82 heavy (non-hydrogen) atoms. The Bertz CT molecular complexity index is 2360. The van der Waals surface area contributed by atoms with Gasteiger partial charge >= 0.3 is 5.97 Å². The monoisotopic (exact) mass is 1140 g/mol. The fourth-order valence-electron chi connectivity index (χ4n) is 16.9. The van der Waals surface area contributed by atoms with Crippen LogP contribution in [0.25, 0.3) is 0 Å². The number of carbonyl (C=O) groups is 1. The van der Waals surface area contributed by atoms with Gasteiger partial charge in [0.1, 0.15) is 24.4 Å². The maximum atomic E-state index is 12.9. The Morgan fingerprint density at radius 3 is 2.09 bits per heavy atom. The maximum absolute atomic E-state index is 12.9. The van der Waals surface area contributed by atoms with Gasteiger partial charge in [-0.3, -0.25) is 4.79 Å². The maximum Gasteiger partial charge on any atom is 0.306 e. The highest BCUT2D eigenvalue weighted by molar-refractivity contribution is 5.67. The van der Waals surface area contributed by atoms with Crippen molar-refractivity contribution in [2.75, 3.05) is 6.61 Å². The van der Waals surface area contributed by atoms with Gasteiger partial charge in [-0.1, -0.05) is 130 Å². The van der Waals surface area contributed by atoms with Crippen LogP contribution in [0.15, 0.2) is 61.3 Å². The minimum Gasteiger partial charge on any atom is -0.481 e. The molecule has 1 N–H and O–H groups in total. The fourth-order valence-corrected chi connectivity index (χ4v) is 16.9. The van der Waals surface area contributed by atoms with Crippen LogP contribution in [-0.4, -0.2) is 163 Å². The number of rotatable bonds is 9. The molecule has 15 nitrogen and oxygen atoms in total. The van der Waals surface area contributed by atoms with Crippen LogP contribution in [0.3, 0.4) is 0 Å². The van der Waals surface area contributed by atoms with E-state index in [-0.39, 0.29) is 133 Å². The summed E-state index contributed by atoms with van der Waals surface area (Å²) in [6.07, 6.45) is 20.1. The lowest BCUT2D eigenvalue weighted by Crippen LogP contribution is -2.62. The smallest absolute Gasteiger partial charge is 0.306 e. The van der Waals surface area contributed by atoms with Crippen molar-refractivity contribution in [3.63, 3.8) is 0 Å². The van der Waals surface area contributed by atoms with Crippen LogP contribution in [0.2, 0.25) is 0 Å². The summed E-state index contributed by atoms with van der Waals surface area (Å²) in [4.78, 5) is 12.9. The molecule has 0 unspecified atom stereocenters. The van der Waals surface area contributed by atoms with E-state index in [0.29, 0.717) is 49.9 Å². The Labute approximate surface area is 489 Å². The molecule has 15 heteroatoms. The summed E-state index contributed by atoms with van der Waals surface area (Å²) >= 11 is 0. The van der Waals surface area contributed by atoms with E-state index in [2.05, 4.69) is 131 Å². The van der Waals surface area contributed by atoms with E-state index in [1.54, 1.807) is 0 Å². The summed E-state index contributed by atoms with van der Waals surface area (Å²) in [5.41, 5.74) is -0.740. The molecular formula is C67H100O15. The molecule has 0 aromatic heterocycles. The van der Waals surface area contributed by atoms with Crippen molar-refractivity contribution < 1.29 is 71.5 Å². The summed E-state index contributed by atoms with van der Waals surface area (Å²) in [5, 5.41) is 10.6. The third-order valence-electron chi connectivity index (χ3n) is 22.5. The zero-order chi connectivity index (χ0) is 57.5. The second-order valence-electron chi connectivity index (χ2n) is 28.2. The molecule has 0 aliphatic carbocycles. The highest BCUT2D eigenvalue weighted by Crippen LogP contribution is 2.54.